The van der Waals surface area contributed by atoms with E-state index in [4.69, 9.17) is 9.47 Å². The van der Waals surface area contributed by atoms with Gasteiger partial charge in [0, 0.05) is 11.8 Å². The number of H-pyrrole nitrogens is 1. The monoisotopic (exact) mass is 509 g/mol. The van der Waals surface area contributed by atoms with E-state index in [2.05, 4.69) is 11.1 Å². The van der Waals surface area contributed by atoms with E-state index >= 15 is 0 Å². The fourth-order valence-electron chi connectivity index (χ4n) is 5.02. The molecule has 1 fully saturated rings. The van der Waals surface area contributed by atoms with E-state index < -0.39 is 41.2 Å². The summed E-state index contributed by atoms with van der Waals surface area (Å²) < 4.78 is 14.0. The fourth-order valence-corrected chi connectivity index (χ4v) is 5.02. The zero-order valence-electron chi connectivity index (χ0n) is 20.7. The minimum absolute atomic E-state index is 0.0540. The highest BCUT2D eigenvalue weighted by atomic mass is 16.6. The number of aliphatic hydroxyl groups is 1. The number of aromatic nitrogens is 2. The summed E-state index contributed by atoms with van der Waals surface area (Å²) in [6, 6.07) is 31.5. The van der Waals surface area contributed by atoms with Crippen molar-refractivity contribution in [1.29, 1.82) is 5.26 Å². The molecule has 2 heterocycles. The summed E-state index contributed by atoms with van der Waals surface area (Å²) in [6.07, 6.45) is -1.99. The number of hydrogen-bond donors (Lipinski definition) is 2. The van der Waals surface area contributed by atoms with Crippen LogP contribution in [0.1, 0.15) is 28.5 Å². The molecule has 0 amide bonds. The second kappa shape index (κ2) is 10.6. The smallest absolute Gasteiger partial charge is 0.330 e. The Morgan fingerprint density at radius 2 is 1.45 bits per heavy atom. The molecule has 38 heavy (non-hydrogen) atoms. The van der Waals surface area contributed by atoms with E-state index in [0.717, 1.165) is 21.3 Å². The SMILES string of the molecule is Cc1cn([C@@H]2O[C@H](COC(c3ccccc3)(c3ccccc3)c3ccccc3)[C@@H](C#N)[C@@H]2O)c(=O)[nH]c1=O. The van der Waals surface area contributed by atoms with Gasteiger partial charge in [0.25, 0.3) is 5.56 Å². The van der Waals surface area contributed by atoms with Crippen LogP contribution in [0.5, 0.6) is 0 Å². The predicted molar refractivity (Wildman–Crippen MR) is 140 cm³/mol. The zero-order valence-corrected chi connectivity index (χ0v) is 20.7. The zero-order chi connectivity index (χ0) is 26.7. The molecule has 8 heteroatoms. The highest BCUT2D eigenvalue weighted by molar-refractivity contribution is 5.47. The Morgan fingerprint density at radius 3 is 1.92 bits per heavy atom. The van der Waals surface area contributed by atoms with Crippen LogP contribution in [-0.4, -0.2) is 33.5 Å². The van der Waals surface area contributed by atoms with Crippen molar-refractivity contribution in [3.63, 3.8) is 0 Å². The number of aliphatic hydroxyl groups excluding tert-OH is 1. The molecule has 3 aromatic carbocycles. The summed E-state index contributed by atoms with van der Waals surface area (Å²) in [7, 11) is 0. The molecule has 5 rings (SSSR count). The number of nitriles is 1. The molecule has 0 spiro atoms. The first-order valence-corrected chi connectivity index (χ1v) is 12.3. The maximum atomic E-state index is 12.5. The van der Waals surface area contributed by atoms with E-state index in [9.17, 15) is 20.0 Å². The van der Waals surface area contributed by atoms with Gasteiger partial charge in [-0.15, -0.1) is 0 Å². The van der Waals surface area contributed by atoms with Gasteiger partial charge in [-0.3, -0.25) is 14.3 Å². The van der Waals surface area contributed by atoms with Gasteiger partial charge in [0.15, 0.2) is 6.23 Å². The van der Waals surface area contributed by atoms with Crippen molar-refractivity contribution in [2.75, 3.05) is 6.61 Å². The second-order valence-corrected chi connectivity index (χ2v) is 9.28. The number of aromatic amines is 1. The Labute approximate surface area is 219 Å². The summed E-state index contributed by atoms with van der Waals surface area (Å²) in [6.45, 7) is 1.49. The van der Waals surface area contributed by atoms with Gasteiger partial charge in [0.05, 0.1) is 12.7 Å². The molecule has 0 aliphatic carbocycles. The van der Waals surface area contributed by atoms with Gasteiger partial charge in [0.2, 0.25) is 0 Å². The van der Waals surface area contributed by atoms with Crippen LogP contribution in [0.15, 0.2) is 107 Å². The number of benzene rings is 3. The van der Waals surface area contributed by atoms with Gasteiger partial charge in [0.1, 0.15) is 23.7 Å². The van der Waals surface area contributed by atoms with Crippen molar-refractivity contribution in [3.05, 3.63) is 140 Å². The quantitative estimate of drug-likeness (QED) is 0.370. The first-order valence-electron chi connectivity index (χ1n) is 12.3. The molecule has 0 unspecified atom stereocenters. The van der Waals surface area contributed by atoms with Crippen LogP contribution in [0.4, 0.5) is 0 Å². The van der Waals surface area contributed by atoms with E-state index in [0.29, 0.717) is 0 Å². The predicted octanol–water partition coefficient (Wildman–Crippen LogP) is 3.25. The molecule has 1 aromatic heterocycles. The number of rotatable bonds is 7. The lowest BCUT2D eigenvalue weighted by molar-refractivity contribution is -0.0891. The summed E-state index contributed by atoms with van der Waals surface area (Å²) in [5, 5.41) is 20.9. The maximum Gasteiger partial charge on any atom is 0.330 e. The van der Waals surface area contributed by atoms with Gasteiger partial charge >= 0.3 is 5.69 Å². The third-order valence-electron chi connectivity index (χ3n) is 6.95. The van der Waals surface area contributed by atoms with E-state index in [1.54, 1.807) is 6.92 Å². The van der Waals surface area contributed by atoms with E-state index in [1.165, 1.54) is 6.20 Å². The number of nitrogens with zero attached hydrogens (tertiary/aromatic N) is 2. The maximum absolute atomic E-state index is 12.5. The molecule has 8 nitrogen and oxygen atoms in total. The average Bonchev–Trinajstić information content (AvgIpc) is 3.27. The Kier molecular flexibility index (Phi) is 7.07. The molecule has 4 aromatic rings. The van der Waals surface area contributed by atoms with Crippen LogP contribution in [0.2, 0.25) is 0 Å². The molecule has 0 radical (unpaired) electrons. The van der Waals surface area contributed by atoms with Crippen LogP contribution in [0.25, 0.3) is 0 Å². The first-order chi connectivity index (χ1) is 18.5. The normalized spacial score (nSPS) is 21.2. The van der Waals surface area contributed by atoms with Crippen molar-refractivity contribution in [2.24, 2.45) is 5.92 Å². The van der Waals surface area contributed by atoms with Gasteiger partial charge < -0.3 is 14.6 Å². The average molecular weight is 510 g/mol. The van der Waals surface area contributed by atoms with E-state index in [1.807, 2.05) is 91.0 Å². The van der Waals surface area contributed by atoms with Crippen molar-refractivity contribution in [2.45, 2.75) is 31.0 Å². The van der Waals surface area contributed by atoms with Gasteiger partial charge in [-0.05, 0) is 23.6 Å². The van der Waals surface area contributed by atoms with Crippen molar-refractivity contribution in [1.82, 2.24) is 9.55 Å². The van der Waals surface area contributed by atoms with Crippen LogP contribution in [0.3, 0.4) is 0 Å². The fraction of sp³-hybridized carbons (Fsp3) is 0.233. The molecule has 1 aliphatic rings. The Hall–Kier alpha value is -4.29. The van der Waals surface area contributed by atoms with Gasteiger partial charge in [-0.2, -0.15) is 5.26 Å². The van der Waals surface area contributed by atoms with Gasteiger partial charge in [-0.1, -0.05) is 91.0 Å². The number of nitrogens with one attached hydrogen (secondary N) is 1. The van der Waals surface area contributed by atoms with Crippen molar-refractivity contribution < 1.29 is 14.6 Å². The van der Waals surface area contributed by atoms with Gasteiger partial charge in [-0.25, -0.2) is 4.79 Å². The highest BCUT2D eigenvalue weighted by Gasteiger charge is 2.47. The van der Waals surface area contributed by atoms with Crippen LogP contribution < -0.4 is 11.2 Å². The minimum atomic E-state index is -1.31. The molecule has 4 atom stereocenters. The molecule has 2 N–H and O–H groups in total. The standard InChI is InChI=1S/C30H27N3O5/c1-20-18-33(29(36)32-27(20)35)28-26(34)24(17-31)25(38-28)19-37-30(21-11-5-2-6-12-21,22-13-7-3-8-14-22)23-15-9-4-10-16-23/h2-16,18,24-26,28,34H,19H2,1H3,(H,32,35,36)/t24-,25-,26+,28-/m1/s1. The molecule has 0 bridgehead atoms. The summed E-state index contributed by atoms with van der Waals surface area (Å²) >= 11 is 0. The second-order valence-electron chi connectivity index (χ2n) is 9.28. The third-order valence-corrected chi connectivity index (χ3v) is 6.95. The van der Waals surface area contributed by atoms with Crippen molar-refractivity contribution in [3.8, 4) is 6.07 Å². The molecule has 1 saturated heterocycles. The van der Waals surface area contributed by atoms with Crippen molar-refractivity contribution >= 4 is 0 Å². The first kappa shape index (κ1) is 25.4. The Bertz CT molecular complexity index is 1450. The summed E-state index contributed by atoms with van der Waals surface area (Å²) in [5.41, 5.74) is 0.644. The molecule has 0 saturated carbocycles. The third kappa shape index (κ3) is 4.48. The van der Waals surface area contributed by atoms with Crippen LogP contribution in [-0.2, 0) is 15.1 Å². The van der Waals surface area contributed by atoms with Crippen LogP contribution >= 0.6 is 0 Å². The Morgan fingerprint density at radius 1 is 0.947 bits per heavy atom. The highest BCUT2D eigenvalue weighted by Crippen LogP contribution is 2.42. The topological polar surface area (TPSA) is 117 Å². The van der Waals surface area contributed by atoms with Crippen LogP contribution in [0, 0.1) is 24.2 Å². The largest absolute Gasteiger partial charge is 0.387 e. The lowest BCUT2D eigenvalue weighted by atomic mass is 9.80. The summed E-state index contributed by atoms with van der Waals surface area (Å²) in [4.78, 5) is 26.6. The summed E-state index contributed by atoms with van der Waals surface area (Å²) in [5.74, 6) is -0.973. The molecular formula is C30H27N3O5. The van der Waals surface area contributed by atoms with E-state index in [-0.39, 0.29) is 12.2 Å². The molecular weight excluding hydrogens is 482 g/mol. The number of aryl methyl sites for hydroxylation is 1. The Balaban J connectivity index is 1.55. The lowest BCUT2D eigenvalue weighted by Gasteiger charge is -2.37. The lowest BCUT2D eigenvalue weighted by Crippen LogP contribution is -2.37. The number of hydrogen-bond acceptors (Lipinski definition) is 6. The minimum Gasteiger partial charge on any atom is -0.387 e. The molecule has 192 valence electrons. The molecule has 1 aliphatic heterocycles. The number of ether oxygens (including phenoxy) is 2.